The molecule has 0 spiro atoms. The van der Waals surface area contributed by atoms with Crippen LogP contribution < -0.4 is 10.6 Å². The molecule has 2 heterocycles. The first kappa shape index (κ1) is 19.7. The zero-order chi connectivity index (χ0) is 16.8. The average molecular weight is 490 g/mol. The first-order chi connectivity index (χ1) is 11.7. The molecule has 2 N–H and O–H groups in total. The van der Waals surface area contributed by atoms with Crippen molar-refractivity contribution in [2.24, 2.45) is 4.99 Å². The zero-order valence-corrected chi connectivity index (χ0v) is 17.3. The number of nitrogens with one attached hydrogen (secondary N) is 2. The fourth-order valence-electron chi connectivity index (χ4n) is 2.03. The Balaban J connectivity index is 0.00000225. The Kier molecular flexibility index (Phi) is 7.66. The van der Waals surface area contributed by atoms with Crippen molar-refractivity contribution in [3.63, 3.8) is 0 Å². The molecule has 3 aromatic rings. The van der Waals surface area contributed by atoms with Crippen LogP contribution in [0.5, 0.6) is 0 Å². The molecule has 0 fully saturated rings. The molecule has 0 aliphatic carbocycles. The van der Waals surface area contributed by atoms with Gasteiger partial charge in [-0.25, -0.2) is 0 Å². The minimum absolute atomic E-state index is 0. The van der Waals surface area contributed by atoms with Crippen LogP contribution in [0, 0.1) is 0 Å². The SMILES string of the molecule is CN=C(NCc1ccsc1)NCc1nc(-c2cccc(Cl)c2)no1.I. The van der Waals surface area contributed by atoms with Crippen LogP contribution in [0.15, 0.2) is 50.6 Å². The topological polar surface area (TPSA) is 75.3 Å². The maximum Gasteiger partial charge on any atom is 0.246 e. The first-order valence-corrected chi connectivity index (χ1v) is 8.61. The molecule has 0 saturated carbocycles. The minimum atomic E-state index is 0. The molecule has 0 saturated heterocycles. The van der Waals surface area contributed by atoms with Gasteiger partial charge >= 0.3 is 0 Å². The fourth-order valence-corrected chi connectivity index (χ4v) is 2.89. The van der Waals surface area contributed by atoms with E-state index in [4.69, 9.17) is 16.1 Å². The van der Waals surface area contributed by atoms with Crippen LogP contribution in [0.3, 0.4) is 0 Å². The number of hydrogen-bond acceptors (Lipinski definition) is 5. The number of aromatic nitrogens is 2. The Morgan fingerprint density at radius 2 is 2.12 bits per heavy atom. The molecule has 1 aromatic carbocycles. The van der Waals surface area contributed by atoms with Crippen molar-refractivity contribution in [2.75, 3.05) is 7.05 Å². The number of guanidine groups is 1. The van der Waals surface area contributed by atoms with E-state index in [0.717, 1.165) is 5.56 Å². The number of halogens is 2. The summed E-state index contributed by atoms with van der Waals surface area (Å²) in [5, 5.41) is 15.1. The van der Waals surface area contributed by atoms with Gasteiger partial charge in [0.25, 0.3) is 0 Å². The van der Waals surface area contributed by atoms with Gasteiger partial charge in [0, 0.05) is 24.2 Å². The standard InChI is InChI=1S/C16H16ClN5OS.HI/c1-18-16(19-8-11-5-6-24-10-11)20-9-14-21-15(22-23-14)12-3-2-4-13(17)7-12;/h2-7,10H,8-9H2,1H3,(H2,18,19,20);1H. The normalized spacial score (nSPS) is 11.0. The molecule has 0 unspecified atom stereocenters. The minimum Gasteiger partial charge on any atom is -0.352 e. The summed E-state index contributed by atoms with van der Waals surface area (Å²) in [6.45, 7) is 1.09. The van der Waals surface area contributed by atoms with Crippen molar-refractivity contribution in [3.05, 3.63) is 57.6 Å². The summed E-state index contributed by atoms with van der Waals surface area (Å²) in [6.07, 6.45) is 0. The molecule has 2 aromatic heterocycles. The second-order valence-electron chi connectivity index (χ2n) is 4.93. The number of hydrogen-bond donors (Lipinski definition) is 2. The first-order valence-electron chi connectivity index (χ1n) is 7.28. The molecule has 0 radical (unpaired) electrons. The van der Waals surface area contributed by atoms with Gasteiger partial charge in [0.15, 0.2) is 5.96 Å². The summed E-state index contributed by atoms with van der Waals surface area (Å²) in [5.41, 5.74) is 2.03. The molecular weight excluding hydrogens is 473 g/mol. The number of aliphatic imine (C=N–C) groups is 1. The monoisotopic (exact) mass is 489 g/mol. The Bertz CT molecular complexity index is 822. The maximum absolute atomic E-state index is 5.98. The lowest BCUT2D eigenvalue weighted by Gasteiger charge is -2.09. The third kappa shape index (κ3) is 5.68. The van der Waals surface area contributed by atoms with Gasteiger partial charge in [-0.2, -0.15) is 16.3 Å². The fraction of sp³-hybridized carbons (Fsp3) is 0.188. The van der Waals surface area contributed by atoms with E-state index in [0.29, 0.717) is 35.8 Å². The molecule has 9 heteroatoms. The molecule has 0 aliphatic rings. The number of nitrogens with zero attached hydrogens (tertiary/aromatic N) is 3. The molecule has 0 aliphatic heterocycles. The maximum atomic E-state index is 5.98. The molecule has 0 atom stereocenters. The third-order valence-electron chi connectivity index (χ3n) is 3.22. The van der Waals surface area contributed by atoms with Crippen molar-refractivity contribution in [1.29, 1.82) is 0 Å². The Morgan fingerprint density at radius 3 is 2.84 bits per heavy atom. The van der Waals surface area contributed by atoms with Crippen LogP contribution >= 0.6 is 46.9 Å². The van der Waals surface area contributed by atoms with E-state index < -0.39 is 0 Å². The van der Waals surface area contributed by atoms with E-state index in [2.05, 4.69) is 37.2 Å². The number of thiophene rings is 1. The van der Waals surface area contributed by atoms with E-state index in [1.165, 1.54) is 5.56 Å². The van der Waals surface area contributed by atoms with Gasteiger partial charge in [-0.3, -0.25) is 4.99 Å². The highest BCUT2D eigenvalue weighted by Gasteiger charge is 2.09. The largest absolute Gasteiger partial charge is 0.352 e. The lowest BCUT2D eigenvalue weighted by molar-refractivity contribution is 0.375. The van der Waals surface area contributed by atoms with Gasteiger partial charge in [0.2, 0.25) is 11.7 Å². The Morgan fingerprint density at radius 1 is 1.28 bits per heavy atom. The van der Waals surface area contributed by atoms with Crippen LogP contribution in [-0.4, -0.2) is 23.1 Å². The highest BCUT2D eigenvalue weighted by molar-refractivity contribution is 14.0. The van der Waals surface area contributed by atoms with Gasteiger partial charge in [-0.15, -0.1) is 24.0 Å². The van der Waals surface area contributed by atoms with Gasteiger partial charge < -0.3 is 15.2 Å². The lowest BCUT2D eigenvalue weighted by Crippen LogP contribution is -2.36. The third-order valence-corrected chi connectivity index (χ3v) is 4.19. The smallest absolute Gasteiger partial charge is 0.246 e. The summed E-state index contributed by atoms with van der Waals surface area (Å²) in [5.74, 6) is 1.66. The van der Waals surface area contributed by atoms with Crippen LogP contribution in [0.25, 0.3) is 11.4 Å². The summed E-state index contributed by atoms with van der Waals surface area (Å²) >= 11 is 7.65. The average Bonchev–Trinajstić information content (AvgIpc) is 3.27. The van der Waals surface area contributed by atoms with Gasteiger partial charge in [-0.1, -0.05) is 28.9 Å². The predicted molar refractivity (Wildman–Crippen MR) is 112 cm³/mol. The van der Waals surface area contributed by atoms with Crippen LogP contribution in [-0.2, 0) is 13.1 Å². The lowest BCUT2D eigenvalue weighted by atomic mass is 10.2. The molecule has 6 nitrogen and oxygen atoms in total. The van der Waals surface area contributed by atoms with Crippen molar-refractivity contribution in [3.8, 4) is 11.4 Å². The van der Waals surface area contributed by atoms with E-state index in [-0.39, 0.29) is 24.0 Å². The number of benzene rings is 1. The molecule has 0 amide bonds. The van der Waals surface area contributed by atoms with E-state index in [9.17, 15) is 0 Å². The summed E-state index contributed by atoms with van der Waals surface area (Å²) in [7, 11) is 1.72. The Labute approximate surface area is 171 Å². The molecule has 0 bridgehead atoms. The van der Waals surface area contributed by atoms with Gasteiger partial charge in [0.1, 0.15) is 0 Å². The molecule has 25 heavy (non-hydrogen) atoms. The summed E-state index contributed by atoms with van der Waals surface area (Å²) in [4.78, 5) is 8.53. The zero-order valence-electron chi connectivity index (χ0n) is 13.4. The van der Waals surface area contributed by atoms with Crippen molar-refractivity contribution < 1.29 is 4.52 Å². The van der Waals surface area contributed by atoms with E-state index in [1.807, 2.05) is 17.5 Å². The summed E-state index contributed by atoms with van der Waals surface area (Å²) < 4.78 is 5.26. The summed E-state index contributed by atoms with van der Waals surface area (Å²) in [6, 6.07) is 9.40. The van der Waals surface area contributed by atoms with Crippen LogP contribution in [0.2, 0.25) is 5.02 Å². The highest BCUT2D eigenvalue weighted by Crippen LogP contribution is 2.19. The molecule has 3 rings (SSSR count). The Hall–Kier alpha value is -1.65. The van der Waals surface area contributed by atoms with Crippen molar-refractivity contribution in [2.45, 2.75) is 13.1 Å². The number of rotatable bonds is 5. The molecular formula is C16H17ClIN5OS. The van der Waals surface area contributed by atoms with Crippen LogP contribution in [0.1, 0.15) is 11.5 Å². The van der Waals surface area contributed by atoms with E-state index in [1.54, 1.807) is 30.5 Å². The van der Waals surface area contributed by atoms with Crippen LogP contribution in [0.4, 0.5) is 0 Å². The quantitative estimate of drug-likeness (QED) is 0.323. The van der Waals surface area contributed by atoms with Crippen molar-refractivity contribution >= 4 is 52.9 Å². The molecule has 132 valence electrons. The van der Waals surface area contributed by atoms with Gasteiger partial charge in [-0.05, 0) is 34.5 Å². The predicted octanol–water partition coefficient (Wildman–Crippen LogP) is 3.93. The van der Waals surface area contributed by atoms with Gasteiger partial charge in [0.05, 0.1) is 6.54 Å². The highest BCUT2D eigenvalue weighted by atomic mass is 127. The second-order valence-corrected chi connectivity index (χ2v) is 6.15. The second kappa shape index (κ2) is 9.73. The van der Waals surface area contributed by atoms with E-state index >= 15 is 0 Å². The van der Waals surface area contributed by atoms with Crippen molar-refractivity contribution in [1.82, 2.24) is 20.8 Å².